The fourth-order valence-corrected chi connectivity index (χ4v) is 3.07. The number of hydrogen-bond donors (Lipinski definition) is 1. The molecular weight excluding hydrogens is 423 g/mol. The Hall–Kier alpha value is -3.81. The van der Waals surface area contributed by atoms with Crippen molar-refractivity contribution in [1.29, 1.82) is 0 Å². The Morgan fingerprint density at radius 1 is 0.969 bits per heavy atom. The lowest BCUT2D eigenvalue weighted by Gasteiger charge is -2.13. The fourth-order valence-electron chi connectivity index (χ4n) is 3.07. The monoisotopic (exact) mass is 443 g/mol. The maximum absolute atomic E-state index is 12.8. The first-order valence-corrected chi connectivity index (χ1v) is 9.57. The van der Waals surface area contributed by atoms with E-state index < -0.39 is 30.2 Å². The fraction of sp³-hybridized carbons (Fsp3) is 0.167. The highest BCUT2D eigenvalue weighted by Crippen LogP contribution is 2.32. The third kappa shape index (κ3) is 5.46. The molecule has 0 heterocycles. The molecule has 0 bridgehead atoms. The molecule has 3 rings (SSSR count). The van der Waals surface area contributed by atoms with Crippen molar-refractivity contribution in [3.05, 3.63) is 83.4 Å². The number of rotatable bonds is 6. The number of carbonyl (C=O) groups is 2. The smallest absolute Gasteiger partial charge is 0.416 e. The van der Waals surface area contributed by atoms with E-state index >= 15 is 0 Å². The normalized spacial score (nSPS) is 11.0. The Morgan fingerprint density at radius 2 is 1.66 bits per heavy atom. The molecule has 0 aliphatic carbocycles. The van der Waals surface area contributed by atoms with Crippen LogP contribution in [-0.2, 0) is 15.7 Å². The molecule has 5 nitrogen and oxygen atoms in total. The summed E-state index contributed by atoms with van der Waals surface area (Å²) in [6.45, 7) is 1.31. The molecule has 0 spiro atoms. The highest BCUT2D eigenvalue weighted by atomic mass is 19.4. The molecule has 32 heavy (non-hydrogen) atoms. The number of benzene rings is 3. The second-order valence-electron chi connectivity index (χ2n) is 6.95. The average molecular weight is 443 g/mol. The van der Waals surface area contributed by atoms with Crippen LogP contribution in [0.3, 0.4) is 0 Å². The molecule has 0 aromatic heterocycles. The summed E-state index contributed by atoms with van der Waals surface area (Å²) in [7, 11) is 1.47. The Morgan fingerprint density at radius 3 is 2.31 bits per heavy atom. The molecule has 166 valence electrons. The molecule has 0 aliphatic heterocycles. The predicted molar refractivity (Wildman–Crippen MR) is 114 cm³/mol. The molecule has 0 atom stereocenters. The number of carbonyl (C=O) groups excluding carboxylic acids is 2. The third-order valence-corrected chi connectivity index (χ3v) is 4.63. The third-order valence-electron chi connectivity index (χ3n) is 4.63. The molecule has 0 aliphatic rings. The molecule has 1 amide bonds. The zero-order valence-electron chi connectivity index (χ0n) is 17.3. The Labute approximate surface area is 182 Å². The summed E-state index contributed by atoms with van der Waals surface area (Å²) < 4.78 is 48.8. The lowest BCUT2D eigenvalue weighted by Crippen LogP contribution is -2.21. The molecule has 8 heteroatoms. The van der Waals surface area contributed by atoms with E-state index in [4.69, 9.17) is 9.47 Å². The predicted octanol–water partition coefficient (Wildman–Crippen LogP) is 5.48. The van der Waals surface area contributed by atoms with E-state index in [0.717, 1.165) is 17.7 Å². The van der Waals surface area contributed by atoms with Gasteiger partial charge in [0.05, 0.1) is 23.9 Å². The van der Waals surface area contributed by atoms with Gasteiger partial charge in [-0.2, -0.15) is 13.2 Å². The van der Waals surface area contributed by atoms with Gasteiger partial charge in [-0.3, -0.25) is 4.79 Å². The summed E-state index contributed by atoms with van der Waals surface area (Å²) in [5.41, 5.74) is 1.51. The van der Waals surface area contributed by atoms with Crippen LogP contribution in [0.25, 0.3) is 11.1 Å². The summed E-state index contributed by atoms with van der Waals surface area (Å²) in [5.74, 6) is -0.871. The van der Waals surface area contributed by atoms with Crippen LogP contribution >= 0.6 is 0 Å². The quantitative estimate of drug-likeness (QED) is 0.512. The largest absolute Gasteiger partial charge is 0.495 e. The molecule has 3 aromatic carbocycles. The minimum Gasteiger partial charge on any atom is -0.495 e. The first-order chi connectivity index (χ1) is 15.2. The summed E-state index contributed by atoms with van der Waals surface area (Å²) in [5, 5.41) is 2.63. The lowest BCUT2D eigenvalue weighted by molar-refractivity contribution is -0.137. The Kier molecular flexibility index (Phi) is 6.82. The van der Waals surface area contributed by atoms with Crippen molar-refractivity contribution >= 4 is 17.6 Å². The zero-order chi connectivity index (χ0) is 23.3. The topological polar surface area (TPSA) is 64.6 Å². The summed E-state index contributed by atoms with van der Waals surface area (Å²) in [4.78, 5) is 24.9. The number of esters is 1. The highest BCUT2D eigenvalue weighted by Gasteiger charge is 2.30. The van der Waals surface area contributed by atoms with Crippen molar-refractivity contribution in [2.24, 2.45) is 0 Å². The van der Waals surface area contributed by atoms with Gasteiger partial charge in [-0.1, -0.05) is 36.4 Å². The van der Waals surface area contributed by atoms with Gasteiger partial charge in [-0.05, 0) is 53.9 Å². The molecule has 0 unspecified atom stereocenters. The number of ether oxygens (including phenoxy) is 2. The minimum absolute atomic E-state index is 0.133. The lowest BCUT2D eigenvalue weighted by atomic mass is 9.98. The molecule has 3 aromatic rings. The molecule has 0 radical (unpaired) electrons. The zero-order valence-corrected chi connectivity index (χ0v) is 17.3. The van der Waals surface area contributed by atoms with Gasteiger partial charge in [-0.25, -0.2) is 4.79 Å². The van der Waals surface area contributed by atoms with Crippen LogP contribution in [-0.4, -0.2) is 25.6 Å². The van der Waals surface area contributed by atoms with Gasteiger partial charge in [-0.15, -0.1) is 0 Å². The molecule has 0 saturated carbocycles. The summed E-state index contributed by atoms with van der Waals surface area (Å²) >= 11 is 0. The second-order valence-corrected chi connectivity index (χ2v) is 6.95. The molecule has 0 saturated heterocycles. The number of hydrogen-bond acceptors (Lipinski definition) is 4. The van der Waals surface area contributed by atoms with Crippen LogP contribution in [0.4, 0.5) is 18.9 Å². The van der Waals surface area contributed by atoms with Crippen LogP contribution in [0.2, 0.25) is 0 Å². The minimum atomic E-state index is -4.45. The van der Waals surface area contributed by atoms with Gasteiger partial charge in [0.1, 0.15) is 5.75 Å². The van der Waals surface area contributed by atoms with Gasteiger partial charge in [0.2, 0.25) is 0 Å². The first-order valence-electron chi connectivity index (χ1n) is 9.57. The maximum Gasteiger partial charge on any atom is 0.416 e. The van der Waals surface area contributed by atoms with Crippen LogP contribution < -0.4 is 10.1 Å². The van der Waals surface area contributed by atoms with Crippen LogP contribution in [0, 0.1) is 6.92 Å². The average Bonchev–Trinajstić information content (AvgIpc) is 2.77. The first kappa shape index (κ1) is 22.9. The van der Waals surface area contributed by atoms with Crippen molar-refractivity contribution in [1.82, 2.24) is 0 Å². The van der Waals surface area contributed by atoms with Gasteiger partial charge in [0.15, 0.2) is 6.61 Å². The van der Waals surface area contributed by atoms with E-state index in [9.17, 15) is 22.8 Å². The van der Waals surface area contributed by atoms with E-state index in [-0.39, 0.29) is 5.56 Å². The van der Waals surface area contributed by atoms with E-state index in [2.05, 4.69) is 5.32 Å². The Bertz CT molecular complexity index is 1120. The Balaban J connectivity index is 1.71. The van der Waals surface area contributed by atoms with Crippen molar-refractivity contribution in [3.63, 3.8) is 0 Å². The summed E-state index contributed by atoms with van der Waals surface area (Å²) in [6.07, 6.45) is -4.45. The van der Waals surface area contributed by atoms with Gasteiger partial charge < -0.3 is 14.8 Å². The van der Waals surface area contributed by atoms with Crippen LogP contribution in [0.5, 0.6) is 5.75 Å². The van der Waals surface area contributed by atoms with Gasteiger partial charge in [0.25, 0.3) is 5.91 Å². The number of aryl methyl sites for hydroxylation is 1. The van der Waals surface area contributed by atoms with Crippen molar-refractivity contribution < 1.29 is 32.2 Å². The van der Waals surface area contributed by atoms with Crippen LogP contribution in [0.15, 0.2) is 66.7 Å². The number of anilines is 1. The number of nitrogens with one attached hydrogen (secondary N) is 1. The standard InChI is InChI=1S/C24H20F3NO4/c1-15-7-12-21(31-2)20(13-15)28-22(29)14-32-23(30)19-6-4-3-5-18(19)16-8-10-17(11-9-16)24(25,26)27/h3-13H,14H2,1-2H3,(H,28,29). The van der Waals surface area contributed by atoms with Crippen LogP contribution in [0.1, 0.15) is 21.5 Å². The SMILES string of the molecule is COc1ccc(C)cc1NC(=O)COC(=O)c1ccccc1-c1ccc(C(F)(F)F)cc1. The number of amides is 1. The van der Waals surface area contributed by atoms with E-state index in [0.29, 0.717) is 22.6 Å². The summed E-state index contributed by atoms with van der Waals surface area (Å²) in [6, 6.07) is 16.0. The molecule has 0 fully saturated rings. The maximum atomic E-state index is 12.8. The van der Waals surface area contributed by atoms with Gasteiger partial charge in [0, 0.05) is 0 Å². The van der Waals surface area contributed by atoms with Crippen molar-refractivity contribution in [2.75, 3.05) is 19.0 Å². The molecule has 1 N–H and O–H groups in total. The number of methoxy groups -OCH3 is 1. The van der Waals surface area contributed by atoms with Gasteiger partial charge >= 0.3 is 12.1 Å². The van der Waals surface area contributed by atoms with Crippen molar-refractivity contribution in [2.45, 2.75) is 13.1 Å². The second kappa shape index (κ2) is 9.55. The highest BCUT2D eigenvalue weighted by molar-refractivity contribution is 6.00. The van der Waals surface area contributed by atoms with E-state index in [1.165, 1.54) is 25.3 Å². The number of halogens is 3. The van der Waals surface area contributed by atoms with E-state index in [1.807, 2.05) is 13.0 Å². The molecular formula is C24H20F3NO4. The number of alkyl halides is 3. The van der Waals surface area contributed by atoms with E-state index in [1.54, 1.807) is 30.3 Å². The van der Waals surface area contributed by atoms with Crippen molar-refractivity contribution in [3.8, 4) is 16.9 Å².